The molecule has 0 amide bonds. The molecule has 0 fully saturated rings. The molecule has 0 aliphatic carbocycles. The summed E-state index contributed by atoms with van der Waals surface area (Å²) in [6.45, 7) is -0.141. The number of pyridine rings is 1. The van der Waals surface area contributed by atoms with Crippen molar-refractivity contribution in [2.45, 2.75) is 11.4 Å². The second-order valence-corrected chi connectivity index (χ2v) is 6.42. The van der Waals surface area contributed by atoms with Gasteiger partial charge in [-0.1, -0.05) is 18.2 Å². The summed E-state index contributed by atoms with van der Waals surface area (Å²) in [7, 11) is -3.54. The quantitative estimate of drug-likeness (QED) is 0.611. The van der Waals surface area contributed by atoms with Crippen LogP contribution in [0.15, 0.2) is 58.4 Å². The fourth-order valence-corrected chi connectivity index (χ4v) is 3.01. The van der Waals surface area contributed by atoms with Crippen LogP contribution in [0.25, 0.3) is 0 Å². The molecule has 0 N–H and O–H groups in total. The Morgan fingerprint density at radius 2 is 1.76 bits per heavy atom. The standard InChI is InChI=1S/C13H12N2O5S/c16-13-7-6-11(15(17)18)10-14(13)8-9-21(19,20)12-4-2-1-3-5-12/h1-7,10H,8-9H2. The maximum absolute atomic E-state index is 12.1. The molecule has 0 bridgehead atoms. The fourth-order valence-electron chi connectivity index (χ4n) is 1.77. The van der Waals surface area contributed by atoms with Gasteiger partial charge >= 0.3 is 0 Å². The van der Waals surface area contributed by atoms with Gasteiger partial charge in [-0.3, -0.25) is 14.9 Å². The molecule has 110 valence electrons. The van der Waals surface area contributed by atoms with E-state index >= 15 is 0 Å². The number of aryl methyl sites for hydroxylation is 1. The molecule has 0 atom stereocenters. The summed E-state index contributed by atoms with van der Waals surface area (Å²) in [6, 6.07) is 9.97. The van der Waals surface area contributed by atoms with E-state index in [4.69, 9.17) is 0 Å². The number of hydrogen-bond donors (Lipinski definition) is 0. The minimum absolute atomic E-state index is 0.141. The smallest absolute Gasteiger partial charge is 0.285 e. The Bertz CT molecular complexity index is 812. The van der Waals surface area contributed by atoms with E-state index in [9.17, 15) is 23.3 Å². The van der Waals surface area contributed by atoms with Gasteiger partial charge in [0.05, 0.1) is 21.8 Å². The highest BCUT2D eigenvalue weighted by Gasteiger charge is 2.15. The number of nitro groups is 1. The molecule has 0 aliphatic heterocycles. The zero-order valence-corrected chi connectivity index (χ0v) is 11.7. The molecular formula is C13H12N2O5S. The maximum atomic E-state index is 12.1. The molecule has 21 heavy (non-hydrogen) atoms. The van der Waals surface area contributed by atoms with E-state index in [2.05, 4.69) is 0 Å². The molecule has 7 nitrogen and oxygen atoms in total. The third kappa shape index (κ3) is 3.54. The van der Waals surface area contributed by atoms with Crippen molar-refractivity contribution < 1.29 is 13.3 Å². The van der Waals surface area contributed by atoms with E-state index in [-0.39, 0.29) is 22.9 Å². The molecule has 0 spiro atoms. The van der Waals surface area contributed by atoms with Crippen molar-refractivity contribution in [3.8, 4) is 0 Å². The first kappa shape index (κ1) is 14.9. The lowest BCUT2D eigenvalue weighted by Crippen LogP contribution is -2.23. The summed E-state index contributed by atoms with van der Waals surface area (Å²) in [6.07, 6.45) is 1.04. The van der Waals surface area contributed by atoms with Gasteiger partial charge in [0.2, 0.25) is 0 Å². The number of hydrogen-bond acceptors (Lipinski definition) is 5. The average molecular weight is 308 g/mol. The highest BCUT2D eigenvalue weighted by atomic mass is 32.2. The Balaban J connectivity index is 2.22. The molecule has 1 aromatic carbocycles. The van der Waals surface area contributed by atoms with Crippen LogP contribution in [-0.2, 0) is 16.4 Å². The zero-order chi connectivity index (χ0) is 15.5. The average Bonchev–Trinajstić information content (AvgIpc) is 2.47. The van der Waals surface area contributed by atoms with Gasteiger partial charge in [-0.15, -0.1) is 0 Å². The zero-order valence-electron chi connectivity index (χ0n) is 10.9. The number of rotatable bonds is 5. The van der Waals surface area contributed by atoms with Gasteiger partial charge in [0, 0.05) is 18.7 Å². The van der Waals surface area contributed by atoms with Gasteiger partial charge in [0.25, 0.3) is 11.2 Å². The van der Waals surface area contributed by atoms with Crippen LogP contribution in [0.2, 0.25) is 0 Å². The fraction of sp³-hybridized carbons (Fsp3) is 0.154. The number of aromatic nitrogens is 1. The van der Waals surface area contributed by atoms with Crippen LogP contribution in [-0.4, -0.2) is 23.7 Å². The second kappa shape index (κ2) is 5.88. The van der Waals surface area contributed by atoms with Gasteiger partial charge in [-0.25, -0.2) is 8.42 Å². The van der Waals surface area contributed by atoms with E-state index in [0.717, 1.165) is 22.9 Å². The molecule has 1 aromatic heterocycles. The molecule has 2 rings (SSSR count). The van der Waals surface area contributed by atoms with Crippen LogP contribution in [0.1, 0.15) is 0 Å². The van der Waals surface area contributed by atoms with Crippen molar-refractivity contribution in [2.24, 2.45) is 0 Å². The minimum Gasteiger partial charge on any atom is -0.308 e. The molecular weight excluding hydrogens is 296 g/mol. The normalized spacial score (nSPS) is 11.2. The summed E-state index contributed by atoms with van der Waals surface area (Å²) in [5, 5.41) is 10.7. The van der Waals surface area contributed by atoms with Gasteiger partial charge in [-0.05, 0) is 12.1 Å². The van der Waals surface area contributed by atoms with Crippen molar-refractivity contribution >= 4 is 15.5 Å². The predicted molar refractivity (Wildman–Crippen MR) is 75.9 cm³/mol. The minimum atomic E-state index is -3.54. The first-order valence-electron chi connectivity index (χ1n) is 6.03. The van der Waals surface area contributed by atoms with E-state index < -0.39 is 20.3 Å². The Morgan fingerprint density at radius 3 is 2.38 bits per heavy atom. The summed E-state index contributed by atoms with van der Waals surface area (Å²) < 4.78 is 25.2. The van der Waals surface area contributed by atoms with Gasteiger partial charge < -0.3 is 4.57 Å². The predicted octanol–water partition coefficient (Wildman–Crippen LogP) is 1.23. The summed E-state index contributed by atoms with van der Waals surface area (Å²) in [5.41, 5.74) is -0.740. The summed E-state index contributed by atoms with van der Waals surface area (Å²) in [5.74, 6) is -0.307. The summed E-state index contributed by atoms with van der Waals surface area (Å²) >= 11 is 0. The lowest BCUT2D eigenvalue weighted by molar-refractivity contribution is -0.385. The Labute approximate surface area is 120 Å². The monoisotopic (exact) mass is 308 g/mol. The van der Waals surface area contributed by atoms with Crippen LogP contribution >= 0.6 is 0 Å². The highest BCUT2D eigenvalue weighted by molar-refractivity contribution is 7.91. The number of benzene rings is 1. The Kier molecular flexibility index (Phi) is 4.18. The van der Waals surface area contributed by atoms with Gasteiger partial charge in [0.15, 0.2) is 9.84 Å². The van der Waals surface area contributed by atoms with Crippen molar-refractivity contribution in [1.82, 2.24) is 4.57 Å². The molecule has 0 saturated heterocycles. The van der Waals surface area contributed by atoms with E-state index in [1.54, 1.807) is 18.2 Å². The molecule has 1 heterocycles. The SMILES string of the molecule is O=c1ccc([N+](=O)[O-])cn1CCS(=O)(=O)c1ccccc1. The van der Waals surface area contributed by atoms with Crippen LogP contribution in [0.3, 0.4) is 0 Å². The second-order valence-electron chi connectivity index (χ2n) is 4.31. The van der Waals surface area contributed by atoms with Crippen LogP contribution in [0.5, 0.6) is 0 Å². The molecule has 0 unspecified atom stereocenters. The van der Waals surface area contributed by atoms with E-state index in [1.807, 2.05) is 0 Å². The molecule has 0 radical (unpaired) electrons. The summed E-state index contributed by atoms with van der Waals surface area (Å²) in [4.78, 5) is 21.8. The van der Waals surface area contributed by atoms with Crippen LogP contribution < -0.4 is 5.56 Å². The Morgan fingerprint density at radius 1 is 1.10 bits per heavy atom. The number of nitrogens with zero attached hydrogens (tertiary/aromatic N) is 2. The van der Waals surface area contributed by atoms with Crippen molar-refractivity contribution in [2.75, 3.05) is 5.75 Å². The molecule has 8 heteroatoms. The van der Waals surface area contributed by atoms with Gasteiger partial charge in [-0.2, -0.15) is 0 Å². The van der Waals surface area contributed by atoms with E-state index in [0.29, 0.717) is 0 Å². The number of sulfone groups is 1. The van der Waals surface area contributed by atoms with Crippen LogP contribution in [0, 0.1) is 10.1 Å². The first-order valence-corrected chi connectivity index (χ1v) is 7.68. The lowest BCUT2D eigenvalue weighted by atomic mass is 10.4. The van der Waals surface area contributed by atoms with Crippen molar-refractivity contribution in [3.05, 3.63) is 69.1 Å². The molecule has 0 aliphatic rings. The molecule has 0 saturated carbocycles. The highest BCUT2D eigenvalue weighted by Crippen LogP contribution is 2.11. The van der Waals surface area contributed by atoms with Crippen LogP contribution in [0.4, 0.5) is 5.69 Å². The van der Waals surface area contributed by atoms with E-state index in [1.165, 1.54) is 12.1 Å². The Hall–Kier alpha value is -2.48. The maximum Gasteiger partial charge on any atom is 0.285 e. The lowest BCUT2D eigenvalue weighted by Gasteiger charge is -2.06. The third-order valence-electron chi connectivity index (χ3n) is 2.88. The van der Waals surface area contributed by atoms with Gasteiger partial charge in [0.1, 0.15) is 0 Å². The topological polar surface area (TPSA) is 99.3 Å². The molecule has 2 aromatic rings. The largest absolute Gasteiger partial charge is 0.308 e. The third-order valence-corrected chi connectivity index (χ3v) is 4.59. The first-order chi connectivity index (χ1) is 9.90. The van der Waals surface area contributed by atoms with Crippen molar-refractivity contribution in [1.29, 1.82) is 0 Å². The van der Waals surface area contributed by atoms with Crippen molar-refractivity contribution in [3.63, 3.8) is 0 Å².